The van der Waals surface area contributed by atoms with E-state index in [0.717, 1.165) is 18.8 Å². The Morgan fingerprint density at radius 3 is 2.56 bits per heavy atom. The van der Waals surface area contributed by atoms with Crippen molar-refractivity contribution >= 4 is 5.97 Å². The molecule has 0 N–H and O–H groups in total. The predicted octanol–water partition coefficient (Wildman–Crippen LogP) is 4.23. The summed E-state index contributed by atoms with van der Waals surface area (Å²) in [4.78, 5) is 11.0. The molecule has 0 saturated carbocycles. The van der Waals surface area contributed by atoms with Crippen molar-refractivity contribution in [2.75, 3.05) is 0 Å². The van der Waals surface area contributed by atoms with E-state index in [-0.39, 0.29) is 5.97 Å². The summed E-state index contributed by atoms with van der Waals surface area (Å²) in [6, 6.07) is 0. The van der Waals surface area contributed by atoms with Gasteiger partial charge in [0, 0.05) is 5.57 Å². The van der Waals surface area contributed by atoms with Gasteiger partial charge in [0.05, 0.1) is 6.26 Å². The maximum absolute atomic E-state index is 11.0. The summed E-state index contributed by atoms with van der Waals surface area (Å²) in [5, 5.41) is 0. The minimum absolute atomic E-state index is 0.351. The minimum Gasteiger partial charge on any atom is -0.431 e. The molecule has 0 atom stereocenters. The Morgan fingerprint density at radius 2 is 2.00 bits per heavy atom. The lowest BCUT2D eigenvalue weighted by atomic mass is 10.0. The fourth-order valence-electron chi connectivity index (χ4n) is 1.27. The quantitative estimate of drug-likeness (QED) is 0.267. The van der Waals surface area contributed by atoms with Crippen LogP contribution in [-0.4, -0.2) is 5.97 Å². The molecule has 0 unspecified atom stereocenters. The van der Waals surface area contributed by atoms with Crippen molar-refractivity contribution in [3.8, 4) is 0 Å². The lowest BCUT2D eigenvalue weighted by molar-refractivity contribution is -0.133. The van der Waals surface area contributed by atoms with Crippen LogP contribution in [0.15, 0.2) is 24.5 Å². The first-order valence-corrected chi connectivity index (χ1v) is 6.05. The predicted molar refractivity (Wildman–Crippen MR) is 68.0 cm³/mol. The van der Waals surface area contributed by atoms with Crippen molar-refractivity contribution in [2.45, 2.75) is 52.9 Å². The smallest absolute Gasteiger partial charge is 0.337 e. The third kappa shape index (κ3) is 9.50. The van der Waals surface area contributed by atoms with Gasteiger partial charge in [0.2, 0.25) is 0 Å². The number of hydrogen-bond acceptors (Lipinski definition) is 2. The molecule has 0 spiro atoms. The number of carbonyl (C=O) groups excluding carboxylic acids is 1. The van der Waals surface area contributed by atoms with Crippen LogP contribution in [0.4, 0.5) is 0 Å². The maximum Gasteiger partial charge on any atom is 0.337 e. The minimum atomic E-state index is -0.351. The molecule has 0 aromatic carbocycles. The fraction of sp³-hybridized carbons (Fsp3) is 0.643. The molecule has 0 bridgehead atoms. The van der Waals surface area contributed by atoms with Crippen molar-refractivity contribution in [3.05, 3.63) is 24.5 Å². The van der Waals surface area contributed by atoms with Gasteiger partial charge in [-0.15, -0.1) is 0 Å². The topological polar surface area (TPSA) is 26.3 Å². The lowest BCUT2D eigenvalue weighted by Crippen LogP contribution is -1.98. The zero-order valence-electron chi connectivity index (χ0n) is 10.8. The van der Waals surface area contributed by atoms with Crippen molar-refractivity contribution < 1.29 is 9.53 Å². The van der Waals surface area contributed by atoms with Gasteiger partial charge in [-0.05, 0) is 31.8 Å². The molecule has 16 heavy (non-hydrogen) atoms. The summed E-state index contributed by atoms with van der Waals surface area (Å²) in [5.74, 6) is 0.447. The highest BCUT2D eigenvalue weighted by atomic mass is 16.5. The van der Waals surface area contributed by atoms with E-state index in [1.54, 1.807) is 6.92 Å². The number of unbranched alkanes of at least 4 members (excludes halogenated alkanes) is 3. The third-order valence-electron chi connectivity index (χ3n) is 2.27. The fourth-order valence-corrected chi connectivity index (χ4v) is 1.27. The number of hydrogen-bond donors (Lipinski definition) is 0. The van der Waals surface area contributed by atoms with E-state index in [9.17, 15) is 4.79 Å². The monoisotopic (exact) mass is 224 g/mol. The first-order chi connectivity index (χ1) is 7.54. The van der Waals surface area contributed by atoms with E-state index < -0.39 is 0 Å². The Labute approximate surface area is 99.4 Å². The molecular formula is C14H24O2. The van der Waals surface area contributed by atoms with Crippen LogP contribution in [0.5, 0.6) is 0 Å². The molecule has 0 saturated heterocycles. The Bertz CT molecular complexity index is 239. The second-order valence-electron chi connectivity index (χ2n) is 4.59. The first kappa shape index (κ1) is 14.9. The SMILES string of the molecule is C=C(C)C(=O)O/C=C/CCCCCC(C)C. The molecule has 0 aliphatic heterocycles. The summed E-state index contributed by atoms with van der Waals surface area (Å²) in [5.41, 5.74) is 0.432. The number of esters is 1. The highest BCUT2D eigenvalue weighted by Gasteiger charge is 1.98. The Morgan fingerprint density at radius 1 is 1.31 bits per heavy atom. The van der Waals surface area contributed by atoms with Gasteiger partial charge >= 0.3 is 5.97 Å². The van der Waals surface area contributed by atoms with Gasteiger partial charge in [-0.1, -0.05) is 39.7 Å². The molecule has 92 valence electrons. The molecule has 0 rings (SSSR count). The first-order valence-electron chi connectivity index (χ1n) is 6.05. The van der Waals surface area contributed by atoms with Gasteiger partial charge in [0.1, 0.15) is 0 Å². The van der Waals surface area contributed by atoms with Gasteiger partial charge in [0.25, 0.3) is 0 Å². The van der Waals surface area contributed by atoms with Crippen LogP contribution in [-0.2, 0) is 9.53 Å². The summed E-state index contributed by atoms with van der Waals surface area (Å²) < 4.78 is 4.83. The van der Waals surface area contributed by atoms with Gasteiger partial charge in [-0.3, -0.25) is 0 Å². The average molecular weight is 224 g/mol. The van der Waals surface area contributed by atoms with Crippen LogP contribution < -0.4 is 0 Å². The number of allylic oxidation sites excluding steroid dienone is 1. The van der Waals surface area contributed by atoms with E-state index in [1.807, 2.05) is 6.08 Å². The Kier molecular flexibility index (Phi) is 8.59. The number of carbonyl (C=O) groups is 1. The van der Waals surface area contributed by atoms with E-state index >= 15 is 0 Å². The Balaban J connectivity index is 3.35. The standard InChI is InChI=1S/C14H24O2/c1-12(2)10-8-6-5-7-9-11-16-14(15)13(3)4/h9,11-12H,3,5-8,10H2,1-2,4H3/b11-9+. The van der Waals surface area contributed by atoms with Crippen LogP contribution in [0.2, 0.25) is 0 Å². The zero-order chi connectivity index (χ0) is 12.4. The van der Waals surface area contributed by atoms with E-state index in [1.165, 1.54) is 25.5 Å². The van der Waals surface area contributed by atoms with Crippen LogP contribution in [0.1, 0.15) is 52.9 Å². The summed E-state index contributed by atoms with van der Waals surface area (Å²) >= 11 is 0. The molecule has 0 aliphatic rings. The summed E-state index contributed by atoms with van der Waals surface area (Å²) in [7, 11) is 0. The van der Waals surface area contributed by atoms with Crippen molar-refractivity contribution in [1.82, 2.24) is 0 Å². The van der Waals surface area contributed by atoms with E-state index in [2.05, 4.69) is 20.4 Å². The second-order valence-corrected chi connectivity index (χ2v) is 4.59. The number of ether oxygens (including phenoxy) is 1. The zero-order valence-corrected chi connectivity index (χ0v) is 10.8. The molecule has 2 heteroatoms. The summed E-state index contributed by atoms with van der Waals surface area (Å²) in [6.45, 7) is 9.64. The second kappa shape index (κ2) is 9.20. The Hall–Kier alpha value is -1.05. The highest BCUT2D eigenvalue weighted by molar-refractivity contribution is 5.87. The van der Waals surface area contributed by atoms with E-state index in [0.29, 0.717) is 5.57 Å². The average Bonchev–Trinajstić information content (AvgIpc) is 2.21. The van der Waals surface area contributed by atoms with Crippen LogP contribution in [0.3, 0.4) is 0 Å². The largest absolute Gasteiger partial charge is 0.431 e. The molecule has 0 aliphatic carbocycles. The molecule has 0 fully saturated rings. The molecule has 0 aromatic rings. The third-order valence-corrected chi connectivity index (χ3v) is 2.27. The van der Waals surface area contributed by atoms with E-state index in [4.69, 9.17) is 4.74 Å². The van der Waals surface area contributed by atoms with Crippen LogP contribution in [0.25, 0.3) is 0 Å². The molecule has 0 amide bonds. The molecule has 0 heterocycles. The van der Waals surface area contributed by atoms with Gasteiger partial charge in [-0.25, -0.2) is 4.79 Å². The van der Waals surface area contributed by atoms with Gasteiger partial charge in [-0.2, -0.15) is 0 Å². The van der Waals surface area contributed by atoms with Crippen LogP contribution >= 0.6 is 0 Å². The number of rotatable bonds is 8. The molecule has 2 nitrogen and oxygen atoms in total. The van der Waals surface area contributed by atoms with Gasteiger partial charge in [0.15, 0.2) is 0 Å². The molecule has 0 radical (unpaired) electrons. The lowest BCUT2D eigenvalue weighted by Gasteiger charge is -2.02. The maximum atomic E-state index is 11.0. The molecular weight excluding hydrogens is 200 g/mol. The highest BCUT2D eigenvalue weighted by Crippen LogP contribution is 2.09. The molecule has 0 aromatic heterocycles. The van der Waals surface area contributed by atoms with Crippen molar-refractivity contribution in [1.29, 1.82) is 0 Å². The summed E-state index contributed by atoms with van der Waals surface area (Å²) in [6.07, 6.45) is 9.34. The van der Waals surface area contributed by atoms with Gasteiger partial charge < -0.3 is 4.74 Å². The van der Waals surface area contributed by atoms with Crippen molar-refractivity contribution in [3.63, 3.8) is 0 Å². The van der Waals surface area contributed by atoms with Crippen LogP contribution in [0, 0.1) is 5.92 Å². The van der Waals surface area contributed by atoms with Crippen molar-refractivity contribution in [2.24, 2.45) is 5.92 Å². The normalized spacial score (nSPS) is 11.0.